The maximum atomic E-state index is 14.6. The number of halogens is 1. The molecule has 70 heavy (non-hydrogen) atoms. The van der Waals surface area contributed by atoms with Crippen LogP contribution in [0, 0.1) is 0 Å². The minimum absolute atomic E-state index is 0. The maximum Gasteiger partial charge on any atom is 0.355 e. The number of nitrogens with one attached hydrogen (secondary N) is 2. The number of esters is 1. The molecule has 0 spiro atoms. The molecule has 2 aromatic heterocycles. The molecule has 3 aliphatic heterocycles. The number of thioether (sulfide) groups is 1. The second-order valence-electron chi connectivity index (χ2n) is 16.9. The fourth-order valence-electron chi connectivity index (χ4n) is 8.55. The first-order valence-corrected chi connectivity index (χ1v) is 23.8. The van der Waals surface area contributed by atoms with Crippen molar-refractivity contribution in [2.24, 2.45) is 5.16 Å². The summed E-state index contributed by atoms with van der Waals surface area (Å²) in [7, 11) is 5.40. The number of rotatable bonds is 16. The molecule has 20 heteroatoms. The Hall–Kier alpha value is -6.72. The quantitative estimate of drug-likeness (QED) is 0.0161. The molecule has 9 rings (SSSR count). The van der Waals surface area contributed by atoms with E-state index in [2.05, 4.69) is 15.8 Å². The number of fused-ring (bicyclic) bond motifs is 1. The standard InChI is InChI=1S/C50H47N7O10S2.HI/c1-57(2)24-23-41(67-57)37-29-68-47-43(46(61)56(47)44(37)48(62)65-27-31-19-21-36(64-3)22-20-31)52-45(60)42(54-66-28-35-25-39(58)40(59)26-55(35)63)38-30-69-49(51-38)53-50(32-13-7-4-8-14-32,33-15-9-5-10-16-33)34-17-11-6-12-18-34;/h4-22,25-26,30,41,43,47,63H,23-24,27-29H2,1-3H3,(H2-,51,52,53,59,60);1H/b54-42-;/t41-,43?,47?;/m0./s1. The first-order chi connectivity index (χ1) is 33.3. The Morgan fingerprint density at radius 1 is 0.929 bits per heavy atom. The van der Waals surface area contributed by atoms with Crippen LogP contribution in [-0.2, 0) is 47.5 Å². The lowest BCUT2D eigenvalue weighted by molar-refractivity contribution is -1.06. The zero-order valence-electron chi connectivity index (χ0n) is 38.1. The maximum absolute atomic E-state index is 14.6. The number of carbonyl (C=O) groups excluding carboxylic acids is 3. The van der Waals surface area contributed by atoms with Gasteiger partial charge in [-0.25, -0.2) is 9.78 Å². The number of hydrogen-bond acceptors (Lipinski definition) is 15. The SMILES string of the molecule is COc1ccc(COC(=O)C2=C([C@@H]3CC[N+](C)(C)O3)CSC3C(NC(=O)/C(=N\OCc4cc(=O)c(O)cn4O)c4csc(NC(c5ccccc5)(c5ccccc5)c5ccccc5)n4)C(=O)N23)cc1.[I-]. The smallest absolute Gasteiger partial charge is 0.355 e. The van der Waals surface area contributed by atoms with Crippen molar-refractivity contribution in [1.29, 1.82) is 0 Å². The number of hydrogen-bond donors (Lipinski definition) is 4. The number of quaternary nitrogens is 1. The number of carbonyl (C=O) groups is 3. The number of benzene rings is 4. The minimum atomic E-state index is -1.10. The van der Waals surface area contributed by atoms with Gasteiger partial charge < -0.3 is 59.2 Å². The fraction of sp³-hybridized carbons (Fsp3) is 0.240. The number of pyridine rings is 1. The first kappa shape index (κ1) is 49.7. The summed E-state index contributed by atoms with van der Waals surface area (Å²) in [6, 6.07) is 36.6. The van der Waals surface area contributed by atoms with E-state index in [0.29, 0.717) is 39.9 Å². The van der Waals surface area contributed by atoms with Crippen molar-refractivity contribution in [2.45, 2.75) is 42.7 Å². The van der Waals surface area contributed by atoms with Crippen molar-refractivity contribution in [2.75, 3.05) is 38.8 Å². The van der Waals surface area contributed by atoms with Crippen molar-refractivity contribution >= 4 is 51.7 Å². The number of nitrogens with zero attached hydrogens (tertiary/aromatic N) is 5. The Morgan fingerprint density at radius 3 is 2.14 bits per heavy atom. The van der Waals surface area contributed by atoms with Crippen LogP contribution in [0.3, 0.4) is 0 Å². The molecular weight excluding hydrogens is 1050 g/mol. The highest BCUT2D eigenvalue weighted by atomic mass is 127. The summed E-state index contributed by atoms with van der Waals surface area (Å²) in [5.41, 5.74) is 2.14. The molecule has 362 valence electrons. The largest absolute Gasteiger partial charge is 1.00 e. The van der Waals surface area contributed by atoms with Gasteiger partial charge in [0, 0.05) is 29.2 Å². The molecule has 0 aliphatic carbocycles. The van der Waals surface area contributed by atoms with E-state index in [9.17, 15) is 29.5 Å². The lowest BCUT2D eigenvalue weighted by atomic mass is 9.77. The number of aromatic hydroxyl groups is 1. The van der Waals surface area contributed by atoms with Crippen LogP contribution < -0.4 is 44.8 Å². The molecule has 0 radical (unpaired) electrons. The van der Waals surface area contributed by atoms with E-state index in [4.69, 9.17) is 24.1 Å². The number of aromatic nitrogens is 2. The highest BCUT2D eigenvalue weighted by Gasteiger charge is 2.56. The Bertz CT molecular complexity index is 2890. The Labute approximate surface area is 427 Å². The van der Waals surface area contributed by atoms with Crippen LogP contribution >= 0.6 is 23.1 Å². The number of oxime groups is 1. The van der Waals surface area contributed by atoms with Crippen LogP contribution in [0.25, 0.3) is 0 Å². The Kier molecular flexibility index (Phi) is 15.0. The van der Waals surface area contributed by atoms with Gasteiger partial charge in [0.15, 0.2) is 23.2 Å². The summed E-state index contributed by atoms with van der Waals surface area (Å²) in [5.74, 6) is -1.78. The van der Waals surface area contributed by atoms with E-state index in [1.807, 2.05) is 105 Å². The average Bonchev–Trinajstić information content (AvgIpc) is 3.99. The van der Waals surface area contributed by atoms with E-state index in [1.165, 1.54) is 28.0 Å². The van der Waals surface area contributed by atoms with Gasteiger partial charge in [0.05, 0.1) is 27.4 Å². The third kappa shape index (κ3) is 10.1. The molecule has 2 unspecified atom stereocenters. The number of amides is 2. The molecule has 0 bridgehead atoms. The lowest BCUT2D eigenvalue weighted by Gasteiger charge is -2.50. The molecule has 4 aromatic carbocycles. The number of hydroxylamine groups is 3. The van der Waals surface area contributed by atoms with E-state index in [1.54, 1.807) is 36.8 Å². The van der Waals surface area contributed by atoms with Gasteiger partial charge in [-0.15, -0.1) is 23.1 Å². The topological polar surface area (TPSA) is 203 Å². The third-order valence-electron chi connectivity index (χ3n) is 12.1. The lowest BCUT2D eigenvalue weighted by Crippen LogP contribution is -3.00. The Morgan fingerprint density at radius 2 is 1.56 bits per heavy atom. The number of anilines is 1. The van der Waals surface area contributed by atoms with Crippen molar-refractivity contribution in [3.63, 3.8) is 0 Å². The number of methoxy groups -OCH3 is 1. The summed E-state index contributed by atoms with van der Waals surface area (Å²) in [6.45, 7) is 0.132. The molecule has 6 aromatic rings. The zero-order chi connectivity index (χ0) is 48.3. The van der Waals surface area contributed by atoms with E-state index in [0.717, 1.165) is 34.5 Å². The monoisotopic (exact) mass is 1100 g/mol. The second kappa shape index (κ2) is 21.1. The molecule has 2 amide bonds. The molecule has 3 atom stereocenters. The van der Waals surface area contributed by atoms with Gasteiger partial charge in [0.2, 0.25) is 5.43 Å². The zero-order valence-corrected chi connectivity index (χ0v) is 41.9. The third-order valence-corrected chi connectivity index (χ3v) is 14.1. The highest BCUT2D eigenvalue weighted by Crippen LogP contribution is 2.44. The predicted molar refractivity (Wildman–Crippen MR) is 257 cm³/mol. The van der Waals surface area contributed by atoms with Gasteiger partial charge in [-0.3, -0.25) is 19.3 Å². The van der Waals surface area contributed by atoms with E-state index < -0.39 is 58.6 Å². The number of ether oxygens (including phenoxy) is 2. The minimum Gasteiger partial charge on any atom is -1.00 e. The van der Waals surface area contributed by atoms with Crippen LogP contribution in [0.5, 0.6) is 11.5 Å². The van der Waals surface area contributed by atoms with Gasteiger partial charge in [0.25, 0.3) is 11.8 Å². The summed E-state index contributed by atoms with van der Waals surface area (Å²) < 4.78 is 11.9. The Balaban J connectivity index is 0.00000659. The van der Waals surface area contributed by atoms with Crippen LogP contribution in [0.1, 0.15) is 40.1 Å². The van der Waals surface area contributed by atoms with Crippen molar-refractivity contribution < 1.29 is 72.5 Å². The average molecular weight is 1100 g/mol. The molecule has 0 saturated carbocycles. The van der Waals surface area contributed by atoms with Crippen LogP contribution in [0.2, 0.25) is 0 Å². The molecule has 2 fully saturated rings. The summed E-state index contributed by atoms with van der Waals surface area (Å²) in [4.78, 5) is 73.4. The van der Waals surface area contributed by atoms with Gasteiger partial charge in [-0.05, 0) is 34.4 Å². The van der Waals surface area contributed by atoms with E-state index in [-0.39, 0.29) is 58.0 Å². The number of β-lactam (4-membered cyclic amide) rings is 1. The first-order valence-electron chi connectivity index (χ1n) is 21.9. The van der Waals surface area contributed by atoms with Gasteiger partial charge in [-0.2, -0.15) is 14.2 Å². The molecule has 4 N–H and O–H groups in total. The van der Waals surface area contributed by atoms with Crippen LogP contribution in [-0.4, -0.2) is 104 Å². The van der Waals surface area contributed by atoms with Gasteiger partial charge >= 0.3 is 5.97 Å². The van der Waals surface area contributed by atoms with Crippen LogP contribution in [0.15, 0.2) is 154 Å². The molecular formula is C50H48IN7O10S2. The van der Waals surface area contributed by atoms with Gasteiger partial charge in [0.1, 0.15) is 59.0 Å². The molecule has 17 nitrogen and oxygen atoms in total. The highest BCUT2D eigenvalue weighted by molar-refractivity contribution is 8.00. The molecule has 5 heterocycles. The van der Waals surface area contributed by atoms with E-state index >= 15 is 0 Å². The summed E-state index contributed by atoms with van der Waals surface area (Å²) >= 11 is 2.59. The van der Waals surface area contributed by atoms with Crippen molar-refractivity contribution in [3.05, 3.63) is 188 Å². The molecule has 3 aliphatic rings. The van der Waals surface area contributed by atoms with Crippen molar-refractivity contribution in [1.82, 2.24) is 19.9 Å². The van der Waals surface area contributed by atoms with Gasteiger partial charge in [-0.1, -0.05) is 108 Å². The second-order valence-corrected chi connectivity index (χ2v) is 18.9. The summed E-state index contributed by atoms with van der Waals surface area (Å²) in [5, 5.41) is 32.2. The van der Waals surface area contributed by atoms with Crippen molar-refractivity contribution in [3.8, 4) is 11.5 Å². The number of thiazole rings is 1. The molecule has 2 saturated heterocycles. The predicted octanol–water partition coefficient (Wildman–Crippen LogP) is 2.76. The summed E-state index contributed by atoms with van der Waals surface area (Å²) in [6.07, 6.45) is 0.983. The fourth-order valence-corrected chi connectivity index (χ4v) is 10.7. The van der Waals surface area contributed by atoms with Crippen LogP contribution in [0.4, 0.5) is 5.13 Å². The normalized spacial score (nSPS) is 18.5.